The fourth-order valence-corrected chi connectivity index (χ4v) is 2.31. The van der Waals surface area contributed by atoms with Crippen LogP contribution < -0.4 is 0 Å². The number of nitriles is 1. The first kappa shape index (κ1) is 8.99. The Morgan fingerprint density at radius 3 is 2.80 bits per heavy atom. The van der Waals surface area contributed by atoms with Crippen LogP contribution in [0.1, 0.15) is 18.5 Å². The summed E-state index contributed by atoms with van der Waals surface area (Å²) in [5, 5.41) is 10.3. The van der Waals surface area contributed by atoms with Crippen LogP contribution in [-0.2, 0) is 5.41 Å². The molecule has 3 rings (SSSR count). The fraction of sp³-hybridized carbons (Fsp3) is 0.250. The molecule has 1 heterocycles. The summed E-state index contributed by atoms with van der Waals surface area (Å²) in [6.07, 6.45) is 1.97. The molecule has 0 unspecified atom stereocenters. The van der Waals surface area contributed by atoms with Gasteiger partial charge in [-0.25, -0.2) is 0 Å². The number of benzene rings is 1. The lowest BCUT2D eigenvalue weighted by atomic mass is 10.1. The molecule has 0 atom stereocenters. The molecule has 1 aromatic heterocycles. The van der Waals surface area contributed by atoms with Gasteiger partial charge >= 0.3 is 0 Å². The molecular weight excluding hydrogens is 252 g/mol. The summed E-state index contributed by atoms with van der Waals surface area (Å²) in [6, 6.07) is 10.6. The Hall–Kier alpha value is -1.27. The highest BCUT2D eigenvalue weighted by Gasteiger charge is 2.46. The first-order chi connectivity index (χ1) is 7.23. The van der Waals surface area contributed by atoms with Crippen LogP contribution in [0.15, 0.2) is 28.7 Å². The lowest BCUT2D eigenvalue weighted by Crippen LogP contribution is -2.01. The van der Waals surface area contributed by atoms with Gasteiger partial charge in [0.15, 0.2) is 0 Å². The zero-order valence-electron chi connectivity index (χ0n) is 8.05. The summed E-state index contributed by atoms with van der Waals surface area (Å²) in [4.78, 5) is 3.33. The Labute approximate surface area is 96.0 Å². The van der Waals surface area contributed by atoms with E-state index in [0.717, 1.165) is 28.5 Å². The fourth-order valence-electron chi connectivity index (χ4n) is 1.93. The van der Waals surface area contributed by atoms with E-state index in [9.17, 15) is 0 Å². The van der Waals surface area contributed by atoms with Crippen molar-refractivity contribution in [2.75, 3.05) is 0 Å². The second kappa shape index (κ2) is 2.86. The molecule has 1 saturated carbocycles. The molecule has 15 heavy (non-hydrogen) atoms. The van der Waals surface area contributed by atoms with E-state index in [0.29, 0.717) is 0 Å². The van der Waals surface area contributed by atoms with Gasteiger partial charge in [0, 0.05) is 21.1 Å². The number of aromatic amines is 1. The second-order valence-electron chi connectivity index (χ2n) is 4.11. The van der Waals surface area contributed by atoms with Gasteiger partial charge in [-0.2, -0.15) is 5.26 Å². The zero-order chi connectivity index (χ0) is 10.5. The maximum atomic E-state index is 9.11. The monoisotopic (exact) mass is 260 g/mol. The first-order valence-electron chi connectivity index (χ1n) is 4.94. The molecule has 2 aromatic rings. The minimum atomic E-state index is -0.217. The van der Waals surface area contributed by atoms with Crippen molar-refractivity contribution in [2.24, 2.45) is 0 Å². The van der Waals surface area contributed by atoms with Crippen molar-refractivity contribution < 1.29 is 0 Å². The topological polar surface area (TPSA) is 39.6 Å². The van der Waals surface area contributed by atoms with Crippen molar-refractivity contribution in [2.45, 2.75) is 18.3 Å². The lowest BCUT2D eigenvalue weighted by molar-refractivity contribution is 0.872. The third kappa shape index (κ3) is 1.29. The Morgan fingerprint density at radius 1 is 1.33 bits per heavy atom. The number of halogens is 1. The molecule has 0 spiro atoms. The van der Waals surface area contributed by atoms with Crippen LogP contribution in [0.3, 0.4) is 0 Å². The maximum Gasteiger partial charge on any atom is 0.0972 e. The van der Waals surface area contributed by atoms with Crippen LogP contribution in [0.5, 0.6) is 0 Å². The molecule has 1 N–H and O–H groups in total. The van der Waals surface area contributed by atoms with Gasteiger partial charge in [0.25, 0.3) is 0 Å². The number of fused-ring (bicyclic) bond motifs is 1. The van der Waals surface area contributed by atoms with E-state index in [1.807, 2.05) is 12.1 Å². The van der Waals surface area contributed by atoms with Crippen molar-refractivity contribution in [1.82, 2.24) is 4.98 Å². The number of nitrogens with one attached hydrogen (secondary N) is 1. The SMILES string of the molecule is N#CC1(c2cc3cc(Br)ccc3[nH]2)CC1. The average Bonchev–Trinajstić information content (AvgIpc) is 2.93. The normalized spacial score (nSPS) is 17.6. The molecule has 74 valence electrons. The first-order valence-corrected chi connectivity index (χ1v) is 5.73. The quantitative estimate of drug-likeness (QED) is 0.838. The van der Waals surface area contributed by atoms with Crippen molar-refractivity contribution in [3.63, 3.8) is 0 Å². The zero-order valence-corrected chi connectivity index (χ0v) is 9.63. The van der Waals surface area contributed by atoms with Crippen LogP contribution in [0.25, 0.3) is 10.9 Å². The van der Waals surface area contributed by atoms with E-state index in [-0.39, 0.29) is 5.41 Å². The highest BCUT2D eigenvalue weighted by Crippen LogP contribution is 2.47. The summed E-state index contributed by atoms with van der Waals surface area (Å²) in [5.74, 6) is 0. The van der Waals surface area contributed by atoms with Gasteiger partial charge in [0.2, 0.25) is 0 Å². The van der Waals surface area contributed by atoms with Gasteiger partial charge in [-0.05, 0) is 37.1 Å². The van der Waals surface area contributed by atoms with E-state index in [1.54, 1.807) is 0 Å². The number of hydrogen-bond acceptors (Lipinski definition) is 1. The summed E-state index contributed by atoms with van der Waals surface area (Å²) in [6.45, 7) is 0. The van der Waals surface area contributed by atoms with E-state index in [2.05, 4.69) is 39.1 Å². The Kier molecular flexibility index (Phi) is 1.72. The minimum Gasteiger partial charge on any atom is -0.357 e. The molecule has 3 heteroatoms. The molecule has 0 amide bonds. The van der Waals surface area contributed by atoms with Gasteiger partial charge in [0.1, 0.15) is 0 Å². The van der Waals surface area contributed by atoms with Crippen LogP contribution >= 0.6 is 15.9 Å². The minimum absolute atomic E-state index is 0.217. The number of hydrogen-bond donors (Lipinski definition) is 1. The molecular formula is C12H9BrN2. The smallest absolute Gasteiger partial charge is 0.0972 e. The summed E-state index contributed by atoms with van der Waals surface area (Å²) < 4.78 is 1.07. The molecule has 0 radical (unpaired) electrons. The van der Waals surface area contributed by atoms with E-state index < -0.39 is 0 Å². The van der Waals surface area contributed by atoms with Gasteiger partial charge in [-0.1, -0.05) is 15.9 Å². The number of nitrogens with zero attached hydrogens (tertiary/aromatic N) is 1. The number of aromatic nitrogens is 1. The molecule has 0 bridgehead atoms. The van der Waals surface area contributed by atoms with Crippen LogP contribution in [-0.4, -0.2) is 4.98 Å². The van der Waals surface area contributed by atoms with Crippen molar-refractivity contribution >= 4 is 26.8 Å². The van der Waals surface area contributed by atoms with Gasteiger partial charge in [-0.15, -0.1) is 0 Å². The summed E-state index contributed by atoms with van der Waals surface area (Å²) in [7, 11) is 0. The molecule has 0 saturated heterocycles. The van der Waals surface area contributed by atoms with Crippen molar-refractivity contribution in [3.05, 3.63) is 34.4 Å². The number of rotatable bonds is 1. The molecule has 1 aliphatic carbocycles. The second-order valence-corrected chi connectivity index (χ2v) is 5.02. The Bertz CT molecular complexity index is 573. The summed E-state index contributed by atoms with van der Waals surface area (Å²) in [5.41, 5.74) is 1.96. The van der Waals surface area contributed by atoms with Crippen molar-refractivity contribution in [3.8, 4) is 6.07 Å². The molecule has 0 aliphatic heterocycles. The van der Waals surface area contributed by atoms with Gasteiger partial charge in [-0.3, -0.25) is 0 Å². The maximum absolute atomic E-state index is 9.11. The third-order valence-electron chi connectivity index (χ3n) is 3.06. The van der Waals surface area contributed by atoms with E-state index >= 15 is 0 Å². The number of H-pyrrole nitrogens is 1. The van der Waals surface area contributed by atoms with Crippen LogP contribution in [0, 0.1) is 11.3 Å². The van der Waals surface area contributed by atoms with Gasteiger partial charge in [0.05, 0.1) is 11.5 Å². The Morgan fingerprint density at radius 2 is 2.13 bits per heavy atom. The van der Waals surface area contributed by atoms with Crippen LogP contribution in [0.4, 0.5) is 0 Å². The molecule has 1 aliphatic rings. The average molecular weight is 261 g/mol. The molecule has 1 fully saturated rings. The highest BCUT2D eigenvalue weighted by molar-refractivity contribution is 9.10. The van der Waals surface area contributed by atoms with E-state index in [1.165, 1.54) is 5.39 Å². The lowest BCUT2D eigenvalue weighted by Gasteiger charge is -1.99. The predicted octanol–water partition coefficient (Wildman–Crippen LogP) is 3.49. The van der Waals surface area contributed by atoms with E-state index in [4.69, 9.17) is 5.26 Å². The Balaban J connectivity index is 2.19. The molecule has 1 aromatic carbocycles. The predicted molar refractivity (Wildman–Crippen MR) is 62.5 cm³/mol. The van der Waals surface area contributed by atoms with Crippen LogP contribution in [0.2, 0.25) is 0 Å². The van der Waals surface area contributed by atoms with Crippen molar-refractivity contribution in [1.29, 1.82) is 5.26 Å². The molecule has 2 nitrogen and oxygen atoms in total. The third-order valence-corrected chi connectivity index (χ3v) is 3.56. The summed E-state index contributed by atoms with van der Waals surface area (Å²) >= 11 is 3.45. The highest BCUT2D eigenvalue weighted by atomic mass is 79.9. The largest absolute Gasteiger partial charge is 0.357 e. The van der Waals surface area contributed by atoms with Gasteiger partial charge < -0.3 is 4.98 Å². The standard InChI is InChI=1S/C12H9BrN2/c13-9-1-2-10-8(5-9)6-11(15-10)12(7-14)3-4-12/h1-2,5-6,15H,3-4H2.